The van der Waals surface area contributed by atoms with Crippen LogP contribution >= 0.6 is 0 Å². The number of aromatic nitrogens is 2. The number of hydrogen-bond acceptors (Lipinski definition) is 5. The van der Waals surface area contributed by atoms with Crippen molar-refractivity contribution in [2.45, 2.75) is 19.3 Å². The molecule has 0 radical (unpaired) electrons. The highest BCUT2D eigenvalue weighted by molar-refractivity contribution is 5.89. The molecule has 4 rings (SSSR count). The van der Waals surface area contributed by atoms with Crippen LogP contribution < -0.4 is 11.2 Å². The Kier molecular flexibility index (Phi) is 4.67. The van der Waals surface area contributed by atoms with Gasteiger partial charge in [-0.15, -0.1) is 0 Å². The fraction of sp³-hybridized carbons (Fsp3) is 0.190. The van der Waals surface area contributed by atoms with Gasteiger partial charge in [-0.05, 0) is 24.6 Å². The molecule has 7 nitrogen and oxygen atoms in total. The number of carbonyl (C=O) groups excluding carboxylic acids is 1. The van der Waals surface area contributed by atoms with Crippen LogP contribution in [0.25, 0.3) is 0 Å². The molecule has 0 saturated carbocycles. The lowest BCUT2D eigenvalue weighted by atomic mass is 10.0. The first-order valence-corrected chi connectivity index (χ1v) is 8.83. The second-order valence-corrected chi connectivity index (χ2v) is 6.55. The molecule has 0 saturated heterocycles. The quantitative estimate of drug-likeness (QED) is 0.704. The number of ether oxygens (including phenoxy) is 2. The summed E-state index contributed by atoms with van der Waals surface area (Å²) in [5.74, 6) is -0.442. The van der Waals surface area contributed by atoms with Gasteiger partial charge in [-0.3, -0.25) is 14.3 Å². The summed E-state index contributed by atoms with van der Waals surface area (Å²) in [5, 5.41) is 0. The molecule has 1 aromatic heterocycles. The summed E-state index contributed by atoms with van der Waals surface area (Å²) in [6, 6.07) is 16.1. The molecule has 2 aromatic carbocycles. The van der Waals surface area contributed by atoms with Gasteiger partial charge in [-0.2, -0.15) is 0 Å². The summed E-state index contributed by atoms with van der Waals surface area (Å²) in [5.41, 5.74) is 1.50. The van der Waals surface area contributed by atoms with Gasteiger partial charge >= 0.3 is 11.7 Å². The van der Waals surface area contributed by atoms with E-state index in [0.29, 0.717) is 11.1 Å². The van der Waals surface area contributed by atoms with Gasteiger partial charge in [0.2, 0.25) is 0 Å². The second kappa shape index (κ2) is 7.28. The molecule has 0 aliphatic carbocycles. The lowest BCUT2D eigenvalue weighted by Crippen LogP contribution is -2.33. The molecule has 1 N–H and O–H groups in total. The van der Waals surface area contributed by atoms with Crippen LogP contribution in [0.3, 0.4) is 0 Å². The molecule has 0 bridgehead atoms. The maximum atomic E-state index is 12.3. The zero-order valence-electron chi connectivity index (χ0n) is 15.1. The molecule has 1 aliphatic rings. The maximum absolute atomic E-state index is 12.3. The summed E-state index contributed by atoms with van der Waals surface area (Å²) in [6.45, 7) is 1.63. The highest BCUT2D eigenvalue weighted by atomic mass is 16.6. The lowest BCUT2D eigenvalue weighted by Gasteiger charge is -2.17. The largest absolute Gasteiger partial charge is 0.459 e. The van der Waals surface area contributed by atoms with Crippen LogP contribution in [-0.4, -0.2) is 22.1 Å². The molecule has 0 spiro atoms. The maximum Gasteiger partial charge on any atom is 0.338 e. The number of carbonyl (C=O) groups is 1. The van der Waals surface area contributed by atoms with Crippen molar-refractivity contribution in [3.8, 4) is 0 Å². The monoisotopic (exact) mass is 378 g/mol. The van der Waals surface area contributed by atoms with Crippen molar-refractivity contribution < 1.29 is 14.3 Å². The van der Waals surface area contributed by atoms with Gasteiger partial charge < -0.3 is 9.47 Å². The Balaban J connectivity index is 1.60. The fourth-order valence-corrected chi connectivity index (χ4v) is 3.24. The standard InChI is InChI=1S/C21H18N2O5/c1-13-11-23(21(26)22-18(13)24)19-16-10-6-5-9-15(16)17(28-19)12-27-20(25)14-7-3-2-4-8-14/h2-11,17,19H,12H2,1H3,(H,22,24,26)/t17-,19-/m0/s1. The smallest absolute Gasteiger partial charge is 0.338 e. The highest BCUT2D eigenvalue weighted by Crippen LogP contribution is 2.39. The molecule has 2 heterocycles. The molecule has 2 atom stereocenters. The first-order valence-electron chi connectivity index (χ1n) is 8.83. The Labute approximate surface area is 160 Å². The van der Waals surface area contributed by atoms with Crippen molar-refractivity contribution in [1.82, 2.24) is 9.55 Å². The van der Waals surface area contributed by atoms with E-state index in [1.165, 1.54) is 10.8 Å². The molecule has 0 unspecified atom stereocenters. The number of H-pyrrole nitrogens is 1. The number of fused-ring (bicyclic) bond motifs is 1. The van der Waals surface area contributed by atoms with Crippen molar-refractivity contribution in [2.24, 2.45) is 0 Å². The predicted octanol–water partition coefficient (Wildman–Crippen LogP) is 2.32. The Morgan fingerprint density at radius 3 is 2.50 bits per heavy atom. The molecule has 142 valence electrons. The minimum atomic E-state index is -0.709. The van der Waals surface area contributed by atoms with Gasteiger partial charge in [0.15, 0.2) is 6.23 Å². The van der Waals surface area contributed by atoms with Crippen LogP contribution in [0, 0.1) is 6.92 Å². The lowest BCUT2D eigenvalue weighted by molar-refractivity contribution is -0.0428. The minimum Gasteiger partial charge on any atom is -0.459 e. The number of nitrogens with one attached hydrogen (secondary N) is 1. The molecule has 3 aromatic rings. The van der Waals surface area contributed by atoms with Crippen molar-refractivity contribution in [3.05, 3.63) is 104 Å². The van der Waals surface area contributed by atoms with E-state index in [0.717, 1.165) is 11.1 Å². The van der Waals surface area contributed by atoms with Crippen LogP contribution in [0.2, 0.25) is 0 Å². The SMILES string of the molecule is Cc1cn([C@H]2O[C@@H](COC(=O)c3ccccc3)c3ccccc32)c(=O)[nH]c1=O. The Morgan fingerprint density at radius 2 is 1.75 bits per heavy atom. The summed E-state index contributed by atoms with van der Waals surface area (Å²) in [4.78, 5) is 38.5. The van der Waals surface area contributed by atoms with Crippen LogP contribution in [-0.2, 0) is 9.47 Å². The topological polar surface area (TPSA) is 90.4 Å². The van der Waals surface area contributed by atoms with Gasteiger partial charge in [-0.1, -0.05) is 42.5 Å². The Hall–Kier alpha value is -3.45. The molecule has 0 fully saturated rings. The number of hydrogen-bond donors (Lipinski definition) is 1. The Morgan fingerprint density at radius 1 is 1.07 bits per heavy atom. The van der Waals surface area contributed by atoms with E-state index >= 15 is 0 Å². The van der Waals surface area contributed by atoms with Gasteiger partial charge in [0.05, 0.1) is 5.56 Å². The van der Waals surface area contributed by atoms with Crippen molar-refractivity contribution in [3.63, 3.8) is 0 Å². The highest BCUT2D eigenvalue weighted by Gasteiger charge is 2.34. The normalized spacial score (nSPS) is 17.9. The van der Waals surface area contributed by atoms with E-state index in [4.69, 9.17) is 9.47 Å². The van der Waals surface area contributed by atoms with Gasteiger partial charge in [0.25, 0.3) is 5.56 Å². The molecular formula is C21H18N2O5. The van der Waals surface area contributed by atoms with E-state index in [9.17, 15) is 14.4 Å². The van der Waals surface area contributed by atoms with Crippen LogP contribution in [0.4, 0.5) is 0 Å². The molecular weight excluding hydrogens is 360 g/mol. The molecule has 0 amide bonds. The van der Waals surface area contributed by atoms with Gasteiger partial charge in [-0.25, -0.2) is 9.59 Å². The number of rotatable bonds is 4. The number of benzene rings is 2. The minimum absolute atomic E-state index is 0.0122. The zero-order valence-corrected chi connectivity index (χ0v) is 15.1. The average Bonchev–Trinajstić information content (AvgIpc) is 3.08. The van der Waals surface area contributed by atoms with Crippen LogP contribution in [0.1, 0.15) is 39.4 Å². The van der Waals surface area contributed by atoms with Gasteiger partial charge in [0, 0.05) is 17.3 Å². The van der Waals surface area contributed by atoms with E-state index in [2.05, 4.69) is 4.98 Å². The predicted molar refractivity (Wildman–Crippen MR) is 101 cm³/mol. The van der Waals surface area contributed by atoms with Gasteiger partial charge in [0.1, 0.15) is 12.7 Å². The number of esters is 1. The summed E-state index contributed by atoms with van der Waals surface area (Å²) < 4.78 is 12.8. The third kappa shape index (κ3) is 3.27. The number of aryl methyl sites for hydroxylation is 1. The molecule has 1 aliphatic heterocycles. The molecule has 7 heteroatoms. The van der Waals surface area contributed by atoms with Crippen LogP contribution in [0.15, 0.2) is 70.4 Å². The fourth-order valence-electron chi connectivity index (χ4n) is 3.24. The van der Waals surface area contributed by atoms with Crippen molar-refractivity contribution in [1.29, 1.82) is 0 Å². The van der Waals surface area contributed by atoms with Crippen molar-refractivity contribution >= 4 is 5.97 Å². The average molecular weight is 378 g/mol. The van der Waals surface area contributed by atoms with E-state index in [1.54, 1.807) is 31.2 Å². The van der Waals surface area contributed by atoms with Crippen LogP contribution in [0.5, 0.6) is 0 Å². The zero-order chi connectivity index (χ0) is 19.7. The van der Waals surface area contributed by atoms with E-state index in [-0.39, 0.29) is 6.61 Å². The number of aromatic amines is 1. The second-order valence-electron chi connectivity index (χ2n) is 6.55. The van der Waals surface area contributed by atoms with E-state index < -0.39 is 29.6 Å². The summed E-state index contributed by atoms with van der Waals surface area (Å²) in [7, 11) is 0. The molecule has 28 heavy (non-hydrogen) atoms. The van der Waals surface area contributed by atoms with Crippen molar-refractivity contribution in [2.75, 3.05) is 6.61 Å². The third-order valence-corrected chi connectivity index (χ3v) is 4.68. The summed E-state index contributed by atoms with van der Waals surface area (Å²) >= 11 is 0. The first kappa shape index (κ1) is 17.9. The summed E-state index contributed by atoms with van der Waals surface area (Å²) in [6.07, 6.45) is 0.244. The third-order valence-electron chi connectivity index (χ3n) is 4.68. The Bertz CT molecular complexity index is 1130. The first-order chi connectivity index (χ1) is 13.5. The number of nitrogens with zero attached hydrogens (tertiary/aromatic N) is 1. The van der Waals surface area contributed by atoms with E-state index in [1.807, 2.05) is 30.3 Å².